The summed E-state index contributed by atoms with van der Waals surface area (Å²) in [5.74, 6) is 0.934. The van der Waals surface area contributed by atoms with E-state index in [0.717, 1.165) is 18.0 Å². The van der Waals surface area contributed by atoms with Gasteiger partial charge in [0.15, 0.2) is 0 Å². The maximum absolute atomic E-state index is 5.76. The molecule has 0 atom stereocenters. The molecule has 1 aromatic carbocycles. The van der Waals surface area contributed by atoms with Gasteiger partial charge in [0, 0.05) is 18.3 Å². The summed E-state index contributed by atoms with van der Waals surface area (Å²) in [6.45, 7) is 12.1. The number of nitrogens with one attached hydrogen (secondary N) is 1. The summed E-state index contributed by atoms with van der Waals surface area (Å²) in [6, 6.07) is 8.26. The minimum absolute atomic E-state index is 0. The monoisotopic (exact) mass is 323 g/mol. The highest BCUT2D eigenvalue weighted by Gasteiger charge is 2.27. The highest BCUT2D eigenvalue weighted by Crippen LogP contribution is 2.40. The third-order valence-corrected chi connectivity index (χ3v) is 4.36. The highest BCUT2D eigenvalue weighted by molar-refractivity contribution is 5.85. The van der Waals surface area contributed by atoms with Gasteiger partial charge < -0.3 is 10.1 Å². The third kappa shape index (κ3) is 4.95. The predicted octanol–water partition coefficient (Wildman–Crippen LogP) is 5.83. The smallest absolute Gasteiger partial charge is 0.121 e. The molecule has 22 heavy (non-hydrogen) atoms. The van der Waals surface area contributed by atoms with Crippen LogP contribution in [0.1, 0.15) is 53.9 Å². The van der Waals surface area contributed by atoms with Crippen molar-refractivity contribution in [3.05, 3.63) is 35.4 Å². The van der Waals surface area contributed by atoms with Crippen LogP contribution in [-0.4, -0.2) is 12.6 Å². The first-order valence-electron chi connectivity index (χ1n) is 8.08. The lowest BCUT2D eigenvalue weighted by atomic mass is 9.73. The molecule has 1 aromatic rings. The summed E-state index contributed by atoms with van der Waals surface area (Å²) in [5, 5.41) is 3.58. The Labute approximate surface area is 141 Å². The van der Waals surface area contributed by atoms with Gasteiger partial charge in [0.05, 0.1) is 6.10 Å². The second-order valence-electron chi connectivity index (χ2n) is 7.04. The van der Waals surface area contributed by atoms with Gasteiger partial charge in [-0.15, -0.1) is 12.4 Å². The molecule has 124 valence electrons. The van der Waals surface area contributed by atoms with Gasteiger partial charge in [-0.3, -0.25) is 0 Å². The predicted molar refractivity (Wildman–Crippen MR) is 98.3 cm³/mol. The van der Waals surface area contributed by atoms with Gasteiger partial charge in [-0.25, -0.2) is 0 Å². The Bertz CT molecular complexity index is 520. The molecule has 0 aromatic heterocycles. The third-order valence-electron chi connectivity index (χ3n) is 4.36. The van der Waals surface area contributed by atoms with E-state index in [-0.39, 0.29) is 18.5 Å². The van der Waals surface area contributed by atoms with E-state index in [2.05, 4.69) is 52.1 Å². The zero-order chi connectivity index (χ0) is 15.5. The number of ether oxygens (including phenoxy) is 1. The average molecular weight is 324 g/mol. The summed E-state index contributed by atoms with van der Waals surface area (Å²) < 4.78 is 5.76. The van der Waals surface area contributed by atoms with Crippen molar-refractivity contribution in [1.82, 2.24) is 0 Å². The summed E-state index contributed by atoms with van der Waals surface area (Å²) in [5.41, 5.74) is 4.59. The maximum atomic E-state index is 5.76. The van der Waals surface area contributed by atoms with Crippen LogP contribution >= 0.6 is 12.4 Å². The molecular formula is C19H30ClNO. The molecule has 1 N–H and O–H groups in total. The van der Waals surface area contributed by atoms with Crippen molar-refractivity contribution in [2.24, 2.45) is 5.41 Å². The Kier molecular flexibility index (Phi) is 6.80. The topological polar surface area (TPSA) is 21.3 Å². The SMILES string of the molecule is CC1=C(CNc2cccc(OC(C)C)c2)C(C)(C)CCC1.Cl. The lowest BCUT2D eigenvalue weighted by molar-refractivity contribution is 0.242. The van der Waals surface area contributed by atoms with E-state index in [9.17, 15) is 0 Å². The average Bonchev–Trinajstić information content (AvgIpc) is 2.37. The first-order chi connectivity index (χ1) is 9.88. The summed E-state index contributed by atoms with van der Waals surface area (Å²) >= 11 is 0. The Balaban J connectivity index is 0.00000242. The Hall–Kier alpha value is -1.15. The Morgan fingerprint density at radius 3 is 2.64 bits per heavy atom. The second-order valence-corrected chi connectivity index (χ2v) is 7.04. The number of halogens is 1. The lowest BCUT2D eigenvalue weighted by Gasteiger charge is -2.35. The number of rotatable bonds is 5. The van der Waals surface area contributed by atoms with E-state index < -0.39 is 0 Å². The largest absolute Gasteiger partial charge is 0.491 e. The molecule has 0 heterocycles. The van der Waals surface area contributed by atoms with E-state index in [0.29, 0.717) is 5.41 Å². The van der Waals surface area contributed by atoms with Crippen LogP contribution in [0, 0.1) is 5.41 Å². The normalized spacial score (nSPS) is 17.2. The number of benzene rings is 1. The Morgan fingerprint density at radius 1 is 1.27 bits per heavy atom. The fraction of sp³-hybridized carbons (Fsp3) is 0.579. The highest BCUT2D eigenvalue weighted by atomic mass is 35.5. The fourth-order valence-electron chi connectivity index (χ4n) is 3.21. The first kappa shape index (κ1) is 18.9. The van der Waals surface area contributed by atoms with Crippen molar-refractivity contribution in [2.75, 3.05) is 11.9 Å². The van der Waals surface area contributed by atoms with Gasteiger partial charge in [-0.05, 0) is 63.2 Å². The minimum atomic E-state index is 0. The standard InChI is InChI=1S/C19H29NO.ClH/c1-14(2)21-17-10-6-9-16(12-17)20-13-18-15(3)8-7-11-19(18,4)5;/h6,9-10,12,14,20H,7-8,11,13H2,1-5H3;1H. The quantitative estimate of drug-likeness (QED) is 0.688. The molecule has 3 heteroatoms. The van der Waals surface area contributed by atoms with Crippen LogP contribution in [-0.2, 0) is 0 Å². The maximum Gasteiger partial charge on any atom is 0.121 e. The molecule has 1 aliphatic carbocycles. The van der Waals surface area contributed by atoms with Crippen molar-refractivity contribution in [3.8, 4) is 5.75 Å². The molecule has 0 unspecified atom stereocenters. The summed E-state index contributed by atoms with van der Waals surface area (Å²) in [4.78, 5) is 0. The van der Waals surface area contributed by atoms with Crippen LogP contribution in [0.2, 0.25) is 0 Å². The molecular weight excluding hydrogens is 294 g/mol. The van der Waals surface area contributed by atoms with Crippen molar-refractivity contribution >= 4 is 18.1 Å². The Morgan fingerprint density at radius 2 is 2.00 bits per heavy atom. The van der Waals surface area contributed by atoms with Crippen molar-refractivity contribution < 1.29 is 4.74 Å². The molecule has 0 spiro atoms. The molecule has 0 radical (unpaired) electrons. The van der Waals surface area contributed by atoms with Crippen LogP contribution in [0.5, 0.6) is 5.75 Å². The second kappa shape index (κ2) is 7.92. The number of anilines is 1. The number of hydrogen-bond acceptors (Lipinski definition) is 2. The number of allylic oxidation sites excluding steroid dienone is 1. The van der Waals surface area contributed by atoms with Crippen molar-refractivity contribution in [2.45, 2.75) is 60.0 Å². The molecule has 0 saturated carbocycles. The van der Waals surface area contributed by atoms with Crippen LogP contribution in [0.15, 0.2) is 35.4 Å². The van der Waals surface area contributed by atoms with Gasteiger partial charge in [-0.2, -0.15) is 0 Å². The molecule has 0 amide bonds. The molecule has 0 fully saturated rings. The molecule has 1 aliphatic rings. The van der Waals surface area contributed by atoms with E-state index in [1.165, 1.54) is 19.3 Å². The molecule has 2 nitrogen and oxygen atoms in total. The van der Waals surface area contributed by atoms with Crippen molar-refractivity contribution in [1.29, 1.82) is 0 Å². The molecule has 0 bridgehead atoms. The molecule has 0 saturated heterocycles. The van der Waals surface area contributed by atoms with Crippen LogP contribution in [0.4, 0.5) is 5.69 Å². The van der Waals surface area contributed by atoms with Gasteiger partial charge in [0.25, 0.3) is 0 Å². The fourth-order valence-corrected chi connectivity index (χ4v) is 3.21. The van der Waals surface area contributed by atoms with Gasteiger partial charge in [0.1, 0.15) is 5.75 Å². The minimum Gasteiger partial charge on any atom is -0.491 e. The van der Waals surface area contributed by atoms with Gasteiger partial charge >= 0.3 is 0 Å². The van der Waals surface area contributed by atoms with E-state index in [4.69, 9.17) is 4.74 Å². The number of hydrogen-bond donors (Lipinski definition) is 1. The summed E-state index contributed by atoms with van der Waals surface area (Å²) in [6.07, 6.45) is 4.07. The first-order valence-corrected chi connectivity index (χ1v) is 8.08. The lowest BCUT2D eigenvalue weighted by Crippen LogP contribution is -2.25. The zero-order valence-corrected chi connectivity index (χ0v) is 15.3. The van der Waals surface area contributed by atoms with Crippen molar-refractivity contribution in [3.63, 3.8) is 0 Å². The zero-order valence-electron chi connectivity index (χ0n) is 14.5. The van der Waals surface area contributed by atoms with E-state index in [1.807, 2.05) is 12.1 Å². The summed E-state index contributed by atoms with van der Waals surface area (Å²) in [7, 11) is 0. The molecule has 0 aliphatic heterocycles. The van der Waals surface area contributed by atoms with Crippen LogP contribution in [0.3, 0.4) is 0 Å². The van der Waals surface area contributed by atoms with Gasteiger partial charge in [0.2, 0.25) is 0 Å². The van der Waals surface area contributed by atoms with E-state index >= 15 is 0 Å². The van der Waals surface area contributed by atoms with Crippen LogP contribution in [0.25, 0.3) is 0 Å². The van der Waals surface area contributed by atoms with Gasteiger partial charge in [-0.1, -0.05) is 25.5 Å². The van der Waals surface area contributed by atoms with E-state index in [1.54, 1.807) is 11.1 Å². The molecule has 2 rings (SSSR count). The van der Waals surface area contributed by atoms with Crippen LogP contribution < -0.4 is 10.1 Å².